The van der Waals surface area contributed by atoms with Crippen molar-refractivity contribution in [3.63, 3.8) is 0 Å². The van der Waals surface area contributed by atoms with Crippen LogP contribution in [-0.4, -0.2) is 94.2 Å². The molecule has 0 unspecified atom stereocenters. The zero-order valence-corrected chi connectivity index (χ0v) is 24.8. The number of esters is 1. The number of carbonyl (C=O) groups is 3. The molecule has 0 saturated carbocycles. The Labute approximate surface area is 253 Å². The molecule has 7 atom stereocenters. The van der Waals surface area contributed by atoms with Crippen molar-refractivity contribution < 1.29 is 53.3 Å². The molecule has 1 fully saturated rings. The summed E-state index contributed by atoms with van der Waals surface area (Å²) in [7, 11) is 4.82. The summed E-state index contributed by atoms with van der Waals surface area (Å²) >= 11 is 0. The van der Waals surface area contributed by atoms with E-state index >= 15 is 0 Å². The van der Waals surface area contributed by atoms with Crippen molar-refractivity contribution in [2.24, 2.45) is 0 Å². The van der Waals surface area contributed by atoms with Crippen LogP contribution in [0.4, 0.5) is 0 Å². The Balaban J connectivity index is 0.00000253. The highest BCUT2D eigenvalue weighted by Crippen LogP contribution is 2.54. The molecule has 3 aliphatic rings. The van der Waals surface area contributed by atoms with Crippen LogP contribution in [0.25, 0.3) is 0 Å². The van der Waals surface area contributed by atoms with Gasteiger partial charge in [0, 0.05) is 39.9 Å². The first-order chi connectivity index (χ1) is 19.3. The Morgan fingerprint density at radius 2 is 1.86 bits per heavy atom. The van der Waals surface area contributed by atoms with Crippen LogP contribution in [-0.2, 0) is 19.0 Å². The largest absolute Gasteiger partial charge is 0.507 e. The number of methoxy groups -OCH3 is 1. The van der Waals surface area contributed by atoms with Crippen LogP contribution in [0, 0.1) is 0 Å². The van der Waals surface area contributed by atoms with Gasteiger partial charge in [0.2, 0.25) is 5.78 Å². The minimum atomic E-state index is -1.69. The summed E-state index contributed by atoms with van der Waals surface area (Å²) in [4.78, 5) is 42.1. The van der Waals surface area contributed by atoms with E-state index in [2.05, 4.69) is 0 Å². The van der Waals surface area contributed by atoms with Gasteiger partial charge in [0.15, 0.2) is 12.1 Å². The third-order valence-electron chi connectivity index (χ3n) is 8.77. The van der Waals surface area contributed by atoms with Gasteiger partial charge in [-0.1, -0.05) is 19.1 Å². The number of likely N-dealkylation sites (N-methyl/N-ethyl adjacent to an activating group) is 1. The Kier molecular flexibility index (Phi) is 8.77. The maximum absolute atomic E-state index is 13.6. The fourth-order valence-electron chi connectivity index (χ4n) is 6.50. The molecule has 0 radical (unpaired) electrons. The van der Waals surface area contributed by atoms with Crippen molar-refractivity contribution in [2.45, 2.75) is 75.3 Å². The summed E-state index contributed by atoms with van der Waals surface area (Å²) < 4.78 is 17.3. The first kappa shape index (κ1) is 31.9. The number of rotatable bonds is 5. The number of hydrogen-bond acceptors (Lipinski definition) is 11. The molecule has 2 aliphatic carbocycles. The average molecular weight is 612 g/mol. The monoisotopic (exact) mass is 611 g/mol. The average Bonchev–Trinajstić information content (AvgIpc) is 2.92. The highest BCUT2D eigenvalue weighted by atomic mass is 35.5. The number of aromatic hydroxyl groups is 2. The van der Waals surface area contributed by atoms with E-state index in [1.807, 2.05) is 19.0 Å². The predicted molar refractivity (Wildman–Crippen MR) is 158 cm³/mol. The number of benzene rings is 2. The molecule has 1 aliphatic heterocycles. The number of hydrogen-bond donors (Lipinski definition) is 4. The number of halogens is 1. The highest BCUT2D eigenvalue weighted by molar-refractivity contribution is 6.30. The van der Waals surface area contributed by atoms with Gasteiger partial charge in [-0.05, 0) is 45.1 Å². The van der Waals surface area contributed by atoms with Gasteiger partial charge in [-0.2, -0.15) is 0 Å². The van der Waals surface area contributed by atoms with Crippen molar-refractivity contribution in [1.82, 2.24) is 4.90 Å². The molecule has 4 N–H and O–H groups in total. The third-order valence-corrected chi connectivity index (χ3v) is 8.77. The molecule has 42 heavy (non-hydrogen) atoms. The van der Waals surface area contributed by atoms with Gasteiger partial charge < -0.3 is 39.5 Å². The van der Waals surface area contributed by atoms with Crippen LogP contribution in [0.3, 0.4) is 0 Å². The topological polar surface area (TPSA) is 163 Å². The van der Waals surface area contributed by atoms with Gasteiger partial charge in [0.25, 0.3) is 0 Å². The van der Waals surface area contributed by atoms with Crippen molar-refractivity contribution in [2.75, 3.05) is 21.2 Å². The van der Waals surface area contributed by atoms with E-state index in [0.717, 1.165) is 0 Å². The summed E-state index contributed by atoms with van der Waals surface area (Å²) in [6.07, 6.45) is -3.09. The van der Waals surface area contributed by atoms with Crippen LogP contribution >= 0.6 is 12.4 Å². The lowest BCUT2D eigenvalue weighted by atomic mass is 9.67. The number of carbonyl (C=O) groups excluding carboxylic acids is 3. The van der Waals surface area contributed by atoms with E-state index in [0.29, 0.717) is 0 Å². The van der Waals surface area contributed by atoms with Crippen molar-refractivity contribution >= 4 is 29.9 Å². The quantitative estimate of drug-likeness (QED) is 0.313. The highest BCUT2D eigenvalue weighted by Gasteiger charge is 2.53. The summed E-state index contributed by atoms with van der Waals surface area (Å²) in [6, 6.07) is 5.14. The zero-order valence-electron chi connectivity index (χ0n) is 24.0. The number of phenols is 2. The maximum Gasteiger partial charge on any atom is 0.316 e. The van der Waals surface area contributed by atoms with Gasteiger partial charge in [0.1, 0.15) is 17.4 Å². The van der Waals surface area contributed by atoms with Crippen LogP contribution in [0.1, 0.15) is 92.4 Å². The predicted octanol–water partition coefficient (Wildman–Crippen LogP) is 3.32. The molecule has 0 spiro atoms. The number of phenolic OH excluding ortho intramolecular Hbond substituents is 2. The Morgan fingerprint density at radius 1 is 1.17 bits per heavy atom. The Hall–Kier alpha value is -3.06. The lowest BCUT2D eigenvalue weighted by Gasteiger charge is -2.46. The molecule has 12 heteroatoms. The second-order valence-electron chi connectivity index (χ2n) is 11.3. The fraction of sp³-hybridized carbons (Fsp3) is 0.500. The van der Waals surface area contributed by atoms with Crippen LogP contribution in [0.15, 0.2) is 24.3 Å². The van der Waals surface area contributed by atoms with E-state index in [1.54, 1.807) is 13.8 Å². The molecular formula is C30H42ClNO10. The molecule has 1 heterocycles. The second-order valence-corrected chi connectivity index (χ2v) is 11.3. The molecule has 1 saturated heterocycles. The van der Waals surface area contributed by atoms with Gasteiger partial charge in [-0.25, -0.2) is 0 Å². The number of ketones is 2. The second kappa shape index (κ2) is 11.6. The minimum Gasteiger partial charge on any atom is -0.507 e. The Morgan fingerprint density at radius 3 is 2.48 bits per heavy atom. The molecule has 2 aromatic carbocycles. The molecule has 234 valence electrons. The number of aliphatic hydroxyl groups is 2. The zero-order chi connectivity index (χ0) is 30.0. The normalized spacial score (nSPS) is 30.2. The summed E-state index contributed by atoms with van der Waals surface area (Å²) in [6.45, 7) is 3.41. The molecule has 0 amide bonds. The molecule has 11 nitrogen and oxygen atoms in total. The summed E-state index contributed by atoms with van der Waals surface area (Å²) in [5, 5.41) is 44.5. The van der Waals surface area contributed by atoms with E-state index in [4.69, 9.17) is 14.2 Å². The molecular weight excluding hydrogens is 570 g/mol. The molecule has 0 bridgehead atoms. The van der Waals surface area contributed by atoms with Gasteiger partial charge >= 0.3 is 5.97 Å². The van der Waals surface area contributed by atoms with Crippen molar-refractivity contribution in [3.05, 3.63) is 57.6 Å². The fourth-order valence-corrected chi connectivity index (χ4v) is 6.50. The van der Waals surface area contributed by atoms with Gasteiger partial charge in [-0.3, -0.25) is 14.4 Å². The van der Waals surface area contributed by atoms with Gasteiger partial charge in [-0.15, -0.1) is 12.4 Å². The minimum absolute atomic E-state index is 0. The third kappa shape index (κ3) is 4.87. The summed E-state index contributed by atoms with van der Waals surface area (Å²) in [5.41, 5.74) is -2.27. The summed E-state index contributed by atoms with van der Waals surface area (Å²) in [5.74, 6) is -4.42. The number of ether oxygens (including phenoxy) is 3. The first-order valence-electron chi connectivity index (χ1n) is 13.6. The number of fused-ring (bicyclic) bond motifs is 3. The van der Waals surface area contributed by atoms with Gasteiger partial charge in [0.05, 0.1) is 42.1 Å². The lowest BCUT2D eigenvalue weighted by molar-refractivity contribution is -0.258. The van der Waals surface area contributed by atoms with Crippen molar-refractivity contribution in [3.8, 4) is 11.5 Å². The molecule has 0 aromatic heterocycles. The Bertz CT molecular complexity index is 1440. The van der Waals surface area contributed by atoms with E-state index in [1.165, 1.54) is 31.4 Å². The maximum atomic E-state index is 13.6. The first-order valence-corrected chi connectivity index (χ1v) is 13.6. The molecule has 5 rings (SSSR count). The van der Waals surface area contributed by atoms with E-state index in [-0.39, 0.29) is 75.4 Å². The van der Waals surface area contributed by atoms with Crippen LogP contribution < -0.4 is 0 Å². The van der Waals surface area contributed by atoms with Crippen molar-refractivity contribution in [1.29, 1.82) is 0 Å². The number of aliphatic hydroxyl groups excluding tert-OH is 1. The molecule has 2 aromatic rings. The van der Waals surface area contributed by atoms with Crippen LogP contribution in [0.2, 0.25) is 0 Å². The lowest BCUT2D eigenvalue weighted by Crippen LogP contribution is -2.54. The SMILES string of the molecule is CC[C@]1(O)C[C@H](O[C@@H]2C[C@@H](N(C)C)[C@@H](O)[C@H](C)O2)c2c(cc3c(c2O)C(=O)c2c(O)cccc2C3=O)[C@@H]1C(=O)OC.Cl.[HH].[HH].[HH]. The van der Waals surface area contributed by atoms with Crippen LogP contribution in [0.5, 0.6) is 11.5 Å². The smallest absolute Gasteiger partial charge is 0.316 e. The standard InChI is InChI=1S/C30H35NO10.ClH.3H2/c1-6-30(38)12-19(41-20-11-17(31(3)4)25(33)13(2)40-20)22-15(24(30)29(37)39-5)10-16-23(28(22)36)27(35)21-14(26(16)34)8-7-9-18(21)32;;;;/h7-10,13,17,19-20,24-25,32-33,36,38H,6,11-12H2,1-5H3;4*1H/t13-,17+,19-,20+,24+,25-,30-;;;;/m0..../s1. The van der Waals surface area contributed by atoms with E-state index < -0.39 is 65.2 Å². The van der Waals surface area contributed by atoms with E-state index in [9.17, 15) is 34.8 Å². The number of nitrogens with zero attached hydrogens (tertiary/aromatic N) is 1.